The molecule has 0 fully saturated rings. The third kappa shape index (κ3) is 4.99. The van der Waals surface area contributed by atoms with E-state index < -0.39 is 54.7 Å². The van der Waals surface area contributed by atoms with Crippen LogP contribution >= 0.6 is 8.17 Å². The molecule has 0 aliphatic carbocycles. The van der Waals surface area contributed by atoms with E-state index >= 15 is 0 Å². The summed E-state index contributed by atoms with van der Waals surface area (Å²) in [5.41, 5.74) is -2.75. The minimum atomic E-state index is -3.08. The van der Waals surface area contributed by atoms with E-state index in [2.05, 4.69) is 9.48 Å². The summed E-state index contributed by atoms with van der Waals surface area (Å²) in [4.78, 5) is 24.3. The zero-order valence-electron chi connectivity index (χ0n) is 14.9. The second-order valence-electron chi connectivity index (χ2n) is 5.45. The number of carbonyl (C=O) groups excluding carboxylic acids is 1. The largest absolute Gasteiger partial charge is 0.575 e. The van der Waals surface area contributed by atoms with E-state index in [1.807, 2.05) is 0 Å². The molecule has 2 aromatic rings. The fourth-order valence-electron chi connectivity index (χ4n) is 1.99. The molecule has 0 amide bonds. The molecule has 0 aliphatic rings. The zero-order chi connectivity index (χ0) is 21.8. The fraction of sp³-hybridized carbons (Fsp3) is 0.235. The summed E-state index contributed by atoms with van der Waals surface area (Å²) in [7, 11) is -3.08. The maximum absolute atomic E-state index is 13.9. The molecule has 0 saturated carbocycles. The smallest absolute Gasteiger partial charge is 0.399 e. The molecule has 156 valence electrons. The van der Waals surface area contributed by atoms with Crippen LogP contribution in [0.5, 0.6) is 11.5 Å². The van der Waals surface area contributed by atoms with Crippen molar-refractivity contribution >= 4 is 14.1 Å². The zero-order valence-corrected chi connectivity index (χ0v) is 15.8. The van der Waals surface area contributed by atoms with Crippen LogP contribution in [0.4, 0.5) is 22.0 Å². The van der Waals surface area contributed by atoms with Crippen molar-refractivity contribution in [2.75, 3.05) is 6.61 Å². The van der Waals surface area contributed by atoms with Crippen molar-refractivity contribution in [1.82, 2.24) is 0 Å². The summed E-state index contributed by atoms with van der Waals surface area (Å²) in [6.45, 7) is 1.89. The number of esters is 1. The van der Waals surface area contributed by atoms with E-state index in [-0.39, 0.29) is 12.4 Å². The number of halogens is 5. The van der Waals surface area contributed by atoms with Crippen LogP contribution in [0, 0.1) is 29.1 Å². The van der Waals surface area contributed by atoms with Crippen LogP contribution < -0.4 is 14.2 Å². The molecule has 0 saturated heterocycles. The molecule has 2 rings (SSSR count). The lowest BCUT2D eigenvalue weighted by molar-refractivity contribution is -0.174. The average Bonchev–Trinajstić information content (AvgIpc) is 2.69. The van der Waals surface area contributed by atoms with Crippen molar-refractivity contribution in [3.05, 3.63) is 59.4 Å². The van der Waals surface area contributed by atoms with Crippen LogP contribution in [-0.4, -0.2) is 18.3 Å². The van der Waals surface area contributed by atoms with E-state index in [1.165, 1.54) is 31.2 Å². The third-order valence-electron chi connectivity index (χ3n) is 3.32. The van der Waals surface area contributed by atoms with Crippen LogP contribution in [0.25, 0.3) is 0 Å². The van der Waals surface area contributed by atoms with Gasteiger partial charge in [0.1, 0.15) is 0 Å². The van der Waals surface area contributed by atoms with Gasteiger partial charge in [-0.05, 0) is 23.8 Å². The number of benzene rings is 2. The number of hydrogen-bond acceptors (Lipinski definition) is 6. The first-order valence-electron chi connectivity index (χ1n) is 7.91. The number of rotatable bonds is 7. The highest BCUT2D eigenvalue weighted by Gasteiger charge is 2.44. The van der Waals surface area contributed by atoms with Gasteiger partial charge in [0.25, 0.3) is 0 Å². The summed E-state index contributed by atoms with van der Waals surface area (Å²) < 4.78 is 85.6. The Balaban J connectivity index is 2.48. The summed E-state index contributed by atoms with van der Waals surface area (Å²) in [5, 5.41) is 0. The van der Waals surface area contributed by atoms with Gasteiger partial charge in [-0.1, -0.05) is 18.2 Å². The average molecular weight is 437 g/mol. The molecule has 12 heteroatoms. The molecule has 0 spiro atoms. The maximum atomic E-state index is 13.9. The van der Waals surface area contributed by atoms with E-state index in [0.29, 0.717) is 0 Å². The summed E-state index contributed by atoms with van der Waals surface area (Å²) in [6, 6.07) is 7.50. The van der Waals surface area contributed by atoms with Crippen molar-refractivity contribution in [3.63, 3.8) is 0 Å². The molecule has 0 radical (unpaired) electrons. The van der Waals surface area contributed by atoms with Gasteiger partial charge < -0.3 is 14.4 Å². The molecule has 0 aromatic heterocycles. The van der Waals surface area contributed by atoms with Crippen molar-refractivity contribution in [1.29, 1.82) is 0 Å². The number of carbonyl (C=O) groups is 1. The molecule has 0 aliphatic heterocycles. The quantitative estimate of drug-likeness (QED) is 0.215. The van der Waals surface area contributed by atoms with Crippen LogP contribution in [0.1, 0.15) is 13.8 Å². The Kier molecular flexibility index (Phi) is 7.10. The first kappa shape index (κ1) is 22.5. The summed E-state index contributed by atoms with van der Waals surface area (Å²) in [6.07, 6.45) is 0. The SMILES string of the molecule is CCOC(=O)[C@](C)(N=[P+]([O-])Oc1ccccc1)Oc1c(F)c(F)c(F)c(F)c1F. The number of hydrogen-bond donors (Lipinski definition) is 0. The second kappa shape index (κ2) is 9.15. The van der Waals surface area contributed by atoms with E-state index in [0.717, 1.165) is 6.92 Å². The molecule has 29 heavy (non-hydrogen) atoms. The first-order chi connectivity index (χ1) is 13.6. The molecular formula is C17H13F5NO5P. The standard InChI is InChI=1S/C17H13F5NO5P/c1-3-26-16(24)17(2,23-29(25)28-9-7-5-4-6-8-9)27-15-13(21)11(19)10(18)12(20)14(15)22/h4-8H,3H2,1-2H3/t17-/m1/s1. The highest BCUT2D eigenvalue weighted by Crippen LogP contribution is 2.35. The lowest BCUT2D eigenvalue weighted by atomic mass is 10.2. The molecule has 2 atom stereocenters. The predicted octanol–water partition coefficient (Wildman–Crippen LogP) is 3.98. The minimum Gasteiger partial charge on any atom is -0.575 e. The molecule has 0 bridgehead atoms. The number of ether oxygens (including phenoxy) is 2. The van der Waals surface area contributed by atoms with Gasteiger partial charge in [0.15, 0.2) is 5.75 Å². The molecule has 1 unspecified atom stereocenters. The van der Waals surface area contributed by atoms with Gasteiger partial charge >= 0.3 is 19.9 Å². The normalized spacial score (nSPS) is 13.6. The van der Waals surface area contributed by atoms with Crippen molar-refractivity contribution < 1.29 is 45.6 Å². The monoisotopic (exact) mass is 437 g/mol. The Labute approximate surface area is 162 Å². The summed E-state index contributed by atoms with van der Waals surface area (Å²) >= 11 is 0. The molecule has 0 heterocycles. The Bertz CT molecular complexity index is 915. The fourth-order valence-corrected chi connectivity index (χ4v) is 2.77. The van der Waals surface area contributed by atoms with Crippen molar-refractivity contribution in [3.8, 4) is 11.5 Å². The lowest BCUT2D eigenvalue weighted by Gasteiger charge is -2.22. The van der Waals surface area contributed by atoms with Gasteiger partial charge in [0.05, 0.1) is 6.61 Å². The van der Waals surface area contributed by atoms with Gasteiger partial charge in [-0.25, -0.2) is 18.0 Å². The van der Waals surface area contributed by atoms with E-state index in [9.17, 15) is 31.6 Å². The van der Waals surface area contributed by atoms with Crippen LogP contribution in [0.2, 0.25) is 0 Å². The maximum Gasteiger partial charge on any atom is 0.399 e. The summed E-state index contributed by atoms with van der Waals surface area (Å²) in [5.74, 6) is -14.8. The van der Waals surface area contributed by atoms with E-state index in [4.69, 9.17) is 9.26 Å². The van der Waals surface area contributed by atoms with Crippen LogP contribution in [0.3, 0.4) is 0 Å². The van der Waals surface area contributed by atoms with Gasteiger partial charge in [0.2, 0.25) is 34.8 Å². The van der Waals surface area contributed by atoms with Gasteiger partial charge in [0, 0.05) is 6.92 Å². The van der Waals surface area contributed by atoms with Crippen molar-refractivity contribution in [2.45, 2.75) is 19.6 Å². The van der Waals surface area contributed by atoms with E-state index in [1.54, 1.807) is 6.07 Å². The highest BCUT2D eigenvalue weighted by atomic mass is 31.1. The third-order valence-corrected chi connectivity index (χ3v) is 4.24. The Morgan fingerprint density at radius 2 is 1.55 bits per heavy atom. The van der Waals surface area contributed by atoms with Crippen LogP contribution in [0.15, 0.2) is 35.1 Å². The lowest BCUT2D eigenvalue weighted by Crippen LogP contribution is -2.41. The van der Waals surface area contributed by atoms with Gasteiger partial charge in [-0.3, -0.25) is 4.52 Å². The van der Waals surface area contributed by atoms with Gasteiger partial charge in [-0.2, -0.15) is 8.78 Å². The molecular weight excluding hydrogens is 424 g/mol. The second-order valence-corrected chi connectivity index (χ2v) is 6.30. The first-order valence-corrected chi connectivity index (χ1v) is 9.04. The highest BCUT2D eigenvalue weighted by molar-refractivity contribution is 7.34. The number of para-hydroxylation sites is 1. The Morgan fingerprint density at radius 1 is 1.03 bits per heavy atom. The molecule has 6 nitrogen and oxygen atoms in total. The molecule has 0 N–H and O–H groups in total. The van der Waals surface area contributed by atoms with Crippen molar-refractivity contribution in [2.24, 2.45) is 4.74 Å². The van der Waals surface area contributed by atoms with Gasteiger partial charge in [-0.15, -0.1) is 0 Å². The Morgan fingerprint density at radius 3 is 2.07 bits per heavy atom. The molecule has 2 aromatic carbocycles. The Hall–Kier alpha value is -2.78. The number of nitrogens with zero attached hydrogens (tertiary/aromatic N) is 1. The minimum absolute atomic E-state index is 0.0693. The van der Waals surface area contributed by atoms with Crippen LogP contribution in [-0.2, 0) is 9.53 Å². The topological polar surface area (TPSA) is 80.2 Å². The predicted molar refractivity (Wildman–Crippen MR) is 88.3 cm³/mol.